The smallest absolute Gasteiger partial charge is 0.225 e. The molecule has 5 nitrogen and oxygen atoms in total. The molecule has 2 aliphatic heterocycles. The molecular formula is C17H23NO4. The topological polar surface area (TPSA) is 48.0 Å². The van der Waals surface area contributed by atoms with Gasteiger partial charge in [0.2, 0.25) is 5.91 Å². The van der Waals surface area contributed by atoms with Crippen molar-refractivity contribution in [3.8, 4) is 5.75 Å². The summed E-state index contributed by atoms with van der Waals surface area (Å²) in [6, 6.07) is 7.89. The highest BCUT2D eigenvalue weighted by atomic mass is 16.7. The Labute approximate surface area is 131 Å². The van der Waals surface area contributed by atoms with Gasteiger partial charge in [-0.15, -0.1) is 0 Å². The van der Waals surface area contributed by atoms with E-state index in [4.69, 9.17) is 14.2 Å². The van der Waals surface area contributed by atoms with Crippen LogP contribution in [0.3, 0.4) is 0 Å². The van der Waals surface area contributed by atoms with Crippen LogP contribution in [0.25, 0.3) is 0 Å². The molecule has 0 saturated carbocycles. The number of carbonyl (C=O) groups is 1. The van der Waals surface area contributed by atoms with Crippen molar-refractivity contribution >= 4 is 5.91 Å². The van der Waals surface area contributed by atoms with Crippen molar-refractivity contribution in [2.24, 2.45) is 5.92 Å². The predicted molar refractivity (Wildman–Crippen MR) is 81.7 cm³/mol. The molecule has 0 radical (unpaired) electrons. The number of methoxy groups -OCH3 is 1. The zero-order valence-electron chi connectivity index (χ0n) is 13.2. The number of benzene rings is 1. The lowest BCUT2D eigenvalue weighted by molar-refractivity contribution is -0.170. The lowest BCUT2D eigenvalue weighted by Crippen LogP contribution is -2.34. The lowest BCUT2D eigenvalue weighted by Gasteiger charge is -2.27. The number of likely N-dealkylation sites (tertiary alicyclic amines) is 1. The van der Waals surface area contributed by atoms with Crippen molar-refractivity contribution in [1.82, 2.24) is 4.90 Å². The molecule has 1 aromatic rings. The fraction of sp³-hybridized carbons (Fsp3) is 0.588. The first-order valence-corrected chi connectivity index (χ1v) is 7.78. The Hall–Kier alpha value is -1.59. The largest absolute Gasteiger partial charge is 0.497 e. The molecule has 0 aliphatic carbocycles. The van der Waals surface area contributed by atoms with Crippen LogP contribution in [0.1, 0.15) is 18.4 Å². The van der Waals surface area contributed by atoms with Crippen LogP contribution in [0, 0.1) is 5.92 Å². The first kappa shape index (κ1) is 15.3. The highest BCUT2D eigenvalue weighted by Crippen LogP contribution is 2.35. The van der Waals surface area contributed by atoms with E-state index in [2.05, 4.69) is 0 Å². The third-order valence-corrected chi connectivity index (χ3v) is 4.57. The number of rotatable bonds is 3. The first-order valence-electron chi connectivity index (χ1n) is 7.78. The Bertz CT molecular complexity index is 522. The highest BCUT2D eigenvalue weighted by Gasteiger charge is 2.43. The molecule has 2 aliphatic rings. The summed E-state index contributed by atoms with van der Waals surface area (Å²) in [7, 11) is 3.51. The van der Waals surface area contributed by atoms with Crippen molar-refractivity contribution < 1.29 is 19.0 Å². The van der Waals surface area contributed by atoms with Gasteiger partial charge < -0.3 is 19.1 Å². The van der Waals surface area contributed by atoms with Gasteiger partial charge in [-0.1, -0.05) is 12.1 Å². The van der Waals surface area contributed by atoms with Gasteiger partial charge >= 0.3 is 0 Å². The third-order valence-electron chi connectivity index (χ3n) is 4.57. The minimum atomic E-state index is -0.572. The summed E-state index contributed by atoms with van der Waals surface area (Å²) in [5.74, 6) is 0.315. The minimum absolute atomic E-state index is 0.112. The SMILES string of the molecule is COc1ccc(CC2CC3(CCN(C)C2=O)OCCO3)cc1. The van der Waals surface area contributed by atoms with Crippen LogP contribution in [0.15, 0.2) is 24.3 Å². The quantitative estimate of drug-likeness (QED) is 0.855. The van der Waals surface area contributed by atoms with E-state index in [1.54, 1.807) is 12.0 Å². The van der Waals surface area contributed by atoms with E-state index in [1.807, 2.05) is 31.3 Å². The number of hydrogen-bond acceptors (Lipinski definition) is 4. The molecule has 5 heteroatoms. The van der Waals surface area contributed by atoms with E-state index < -0.39 is 5.79 Å². The molecule has 22 heavy (non-hydrogen) atoms. The van der Waals surface area contributed by atoms with Crippen LogP contribution in [0.2, 0.25) is 0 Å². The molecule has 0 bridgehead atoms. The predicted octanol–water partition coefficient (Wildman–Crippen LogP) is 1.85. The van der Waals surface area contributed by atoms with Gasteiger partial charge in [-0.05, 0) is 24.1 Å². The Morgan fingerprint density at radius 1 is 1.27 bits per heavy atom. The molecule has 3 rings (SSSR count). The molecule has 1 spiro atoms. The number of amides is 1. The molecule has 0 aromatic heterocycles. The maximum absolute atomic E-state index is 12.6. The second kappa shape index (κ2) is 6.26. The van der Waals surface area contributed by atoms with Crippen LogP contribution in [-0.2, 0) is 20.7 Å². The zero-order valence-corrected chi connectivity index (χ0v) is 13.2. The number of hydrogen-bond donors (Lipinski definition) is 0. The second-order valence-electron chi connectivity index (χ2n) is 6.07. The highest BCUT2D eigenvalue weighted by molar-refractivity contribution is 5.79. The van der Waals surface area contributed by atoms with Gasteiger partial charge in [0.15, 0.2) is 5.79 Å². The summed E-state index contributed by atoms with van der Waals surface area (Å²) in [6.45, 7) is 1.91. The van der Waals surface area contributed by atoms with E-state index >= 15 is 0 Å². The number of nitrogens with zero attached hydrogens (tertiary/aromatic N) is 1. The molecule has 1 aromatic carbocycles. The average molecular weight is 305 g/mol. The standard InChI is InChI=1S/C17H23NO4/c1-18-8-7-17(21-9-10-22-17)12-14(16(18)19)11-13-3-5-15(20-2)6-4-13/h3-6,14H,7-12H2,1-2H3. The zero-order chi connectivity index (χ0) is 15.6. The van der Waals surface area contributed by atoms with Crippen LogP contribution in [-0.4, -0.2) is 50.5 Å². The minimum Gasteiger partial charge on any atom is -0.497 e. The van der Waals surface area contributed by atoms with E-state index in [-0.39, 0.29) is 11.8 Å². The Morgan fingerprint density at radius 2 is 1.95 bits per heavy atom. The van der Waals surface area contributed by atoms with Gasteiger partial charge in [-0.25, -0.2) is 0 Å². The van der Waals surface area contributed by atoms with Gasteiger partial charge in [-0.3, -0.25) is 4.79 Å². The Kier molecular flexibility index (Phi) is 4.36. The van der Waals surface area contributed by atoms with Gasteiger partial charge in [0.25, 0.3) is 0 Å². The fourth-order valence-electron chi connectivity index (χ4n) is 3.29. The molecule has 120 valence electrons. The summed E-state index contributed by atoms with van der Waals surface area (Å²) in [5.41, 5.74) is 1.13. The molecule has 2 saturated heterocycles. The first-order chi connectivity index (χ1) is 10.6. The van der Waals surface area contributed by atoms with E-state index in [9.17, 15) is 4.79 Å². The molecule has 2 fully saturated rings. The second-order valence-corrected chi connectivity index (χ2v) is 6.07. The van der Waals surface area contributed by atoms with Crippen molar-refractivity contribution in [1.29, 1.82) is 0 Å². The lowest BCUT2D eigenvalue weighted by atomic mass is 9.91. The Morgan fingerprint density at radius 3 is 2.59 bits per heavy atom. The van der Waals surface area contributed by atoms with Crippen LogP contribution < -0.4 is 4.74 Å². The van der Waals surface area contributed by atoms with Crippen molar-refractivity contribution in [2.45, 2.75) is 25.0 Å². The van der Waals surface area contributed by atoms with Crippen LogP contribution in [0.5, 0.6) is 5.75 Å². The Balaban J connectivity index is 1.77. The van der Waals surface area contributed by atoms with E-state index in [0.717, 1.165) is 17.7 Å². The van der Waals surface area contributed by atoms with Crippen LogP contribution >= 0.6 is 0 Å². The van der Waals surface area contributed by atoms with Crippen molar-refractivity contribution in [3.63, 3.8) is 0 Å². The number of carbonyl (C=O) groups excluding carboxylic acids is 1. The number of ether oxygens (including phenoxy) is 3. The summed E-state index contributed by atoms with van der Waals surface area (Å²) < 4.78 is 16.9. The monoisotopic (exact) mass is 305 g/mol. The molecule has 1 atom stereocenters. The van der Waals surface area contributed by atoms with E-state index in [1.165, 1.54) is 0 Å². The maximum Gasteiger partial charge on any atom is 0.225 e. The van der Waals surface area contributed by atoms with E-state index in [0.29, 0.717) is 32.6 Å². The van der Waals surface area contributed by atoms with Gasteiger partial charge in [0, 0.05) is 32.4 Å². The van der Waals surface area contributed by atoms with Gasteiger partial charge in [-0.2, -0.15) is 0 Å². The normalized spacial score (nSPS) is 24.5. The molecule has 1 amide bonds. The molecular weight excluding hydrogens is 282 g/mol. The summed E-state index contributed by atoms with van der Waals surface area (Å²) in [5, 5.41) is 0. The summed E-state index contributed by atoms with van der Waals surface area (Å²) >= 11 is 0. The van der Waals surface area contributed by atoms with Crippen molar-refractivity contribution in [2.75, 3.05) is 33.9 Å². The maximum atomic E-state index is 12.6. The fourth-order valence-corrected chi connectivity index (χ4v) is 3.29. The molecule has 0 N–H and O–H groups in total. The van der Waals surface area contributed by atoms with Crippen molar-refractivity contribution in [3.05, 3.63) is 29.8 Å². The third kappa shape index (κ3) is 3.10. The summed E-state index contributed by atoms with van der Waals surface area (Å²) in [6.07, 6.45) is 2.07. The van der Waals surface area contributed by atoms with Gasteiger partial charge in [0.1, 0.15) is 5.75 Å². The average Bonchev–Trinajstić information content (AvgIpc) is 2.96. The molecule has 2 heterocycles. The molecule has 1 unspecified atom stereocenters. The van der Waals surface area contributed by atoms with Gasteiger partial charge in [0.05, 0.1) is 20.3 Å². The van der Waals surface area contributed by atoms with Crippen LogP contribution in [0.4, 0.5) is 0 Å². The summed E-state index contributed by atoms with van der Waals surface area (Å²) in [4.78, 5) is 14.4.